The number of benzene rings is 4. The van der Waals surface area contributed by atoms with E-state index in [9.17, 15) is 0 Å². The van der Waals surface area contributed by atoms with E-state index in [-0.39, 0.29) is 21.3 Å². The van der Waals surface area contributed by atoms with Crippen molar-refractivity contribution in [3.05, 3.63) is 208 Å². The zero-order chi connectivity index (χ0) is 32.3. The molecule has 4 aromatic carbocycles. The number of rotatable bonds is 4. The summed E-state index contributed by atoms with van der Waals surface area (Å²) in [5.74, 6) is 0. The number of hydrogen-bond donors (Lipinski definition) is 1. The zero-order valence-electron chi connectivity index (χ0n) is 26.7. The molecule has 1 N–H and O–H groups in total. The molecule has 0 unspecified atom stereocenters. The first-order chi connectivity index (χ1) is 24.3. The predicted molar refractivity (Wildman–Crippen MR) is 202 cm³/mol. The number of aromatic amines is 1. The van der Waals surface area contributed by atoms with E-state index in [2.05, 4.69) is 182 Å². The number of nitrogens with zero attached hydrogens (tertiary/aromatic N) is 3. The average Bonchev–Trinajstić information content (AvgIpc) is 3.99. The van der Waals surface area contributed by atoms with Gasteiger partial charge in [-0.05, 0) is 0 Å². The van der Waals surface area contributed by atoms with Crippen LogP contribution in [0, 0.1) is 0 Å². The molecule has 228 valence electrons. The van der Waals surface area contributed by atoms with Crippen molar-refractivity contribution < 1.29 is 0 Å². The van der Waals surface area contributed by atoms with Crippen LogP contribution in [0.5, 0.6) is 0 Å². The van der Waals surface area contributed by atoms with Gasteiger partial charge < -0.3 is 0 Å². The molecule has 0 fully saturated rings. The minimum absolute atomic E-state index is 0.0455. The molecule has 6 heterocycles. The number of aromatic nitrogens is 3. The first-order valence-electron chi connectivity index (χ1n) is 16.8. The minimum atomic E-state index is -0.356. The van der Waals surface area contributed by atoms with Gasteiger partial charge in [0.25, 0.3) is 0 Å². The van der Waals surface area contributed by atoms with Crippen molar-refractivity contribution in [2.45, 2.75) is 6.04 Å². The summed E-state index contributed by atoms with van der Waals surface area (Å²) in [6.45, 7) is 0. The van der Waals surface area contributed by atoms with Crippen molar-refractivity contribution >= 4 is 49.3 Å². The molecule has 3 aliphatic heterocycles. The van der Waals surface area contributed by atoms with E-state index < -0.39 is 0 Å². The molecule has 7 aromatic rings. The van der Waals surface area contributed by atoms with Gasteiger partial charge in [0.2, 0.25) is 0 Å². The van der Waals surface area contributed by atoms with Crippen LogP contribution >= 0.6 is 0 Å². The maximum absolute atomic E-state index is 5.44. The molecule has 0 amide bonds. The van der Waals surface area contributed by atoms with Gasteiger partial charge in [-0.1, -0.05) is 0 Å². The number of fused-ring (bicyclic) bond motifs is 3. The Hall–Kier alpha value is -5.86. The number of aliphatic imine (C=N–C) groups is 1. The van der Waals surface area contributed by atoms with Crippen LogP contribution in [0.15, 0.2) is 175 Å². The number of hydrogen-bond acceptors (Lipinski definition) is 1. The van der Waals surface area contributed by atoms with Gasteiger partial charge in [-0.3, -0.25) is 0 Å². The first kappa shape index (κ1) is 28.2. The standard InChI is InChI=1S/C44H30N4.Al/c1-5-13-29(14-6-1)41-33-21-23-35(45-33)42(30-15-7-2-8-16-30)37-25-27-39(47-37)44(32-19-11-4-12-20-32)40-28-26-38(48-40)43(31-17-9-3-10-18-31)36-24-22-34(41)46-36;/h1-28,33,46H;/q-2;+3/b41-34-,42-35?,43-36-,44-40-;/t33-;/m1./s1. The Labute approximate surface area is 290 Å². The van der Waals surface area contributed by atoms with E-state index >= 15 is 0 Å². The van der Waals surface area contributed by atoms with Gasteiger partial charge >= 0.3 is 292 Å². The topological polar surface area (TPSA) is 37.5 Å². The van der Waals surface area contributed by atoms with Crippen LogP contribution in [0.4, 0.5) is 0 Å². The Kier molecular flexibility index (Phi) is 6.55. The van der Waals surface area contributed by atoms with Crippen LogP contribution < -0.4 is 10.7 Å². The molecule has 4 nitrogen and oxygen atoms in total. The third-order valence-electron chi connectivity index (χ3n) is 9.91. The molecule has 0 saturated heterocycles. The second-order valence-electron chi connectivity index (χ2n) is 12.7. The Bertz CT molecular complexity index is 2680. The fourth-order valence-corrected chi connectivity index (χ4v) is 9.41. The monoisotopic (exact) mass is 641 g/mol. The quantitative estimate of drug-likeness (QED) is 0.191. The SMILES string of the molecule is C1=C/C2=C(\c3ccccc3)c3ccc4c(-c5ccccc5)c5[n]([Al+][n]34)[C@H](C=C5)/C(c3ccccc3)=c3/cc/c([nH]3)=C(\c3ccccc3)C1=N2. The molecular weight excluding hydrogens is 611 g/mol. The van der Waals surface area contributed by atoms with Crippen LogP contribution in [0.1, 0.15) is 34.1 Å². The Morgan fingerprint density at radius 2 is 1.16 bits per heavy atom. The van der Waals surface area contributed by atoms with Crippen molar-refractivity contribution in [1.82, 2.24) is 11.9 Å². The second-order valence-corrected chi connectivity index (χ2v) is 14.0. The third-order valence-corrected chi connectivity index (χ3v) is 11.5. The fourth-order valence-electron chi connectivity index (χ4n) is 7.75. The normalized spacial score (nSPS) is 19.8. The van der Waals surface area contributed by atoms with Crippen LogP contribution in [-0.2, 0) is 0 Å². The molecule has 0 spiro atoms. The van der Waals surface area contributed by atoms with Gasteiger partial charge in [0.1, 0.15) is 0 Å². The predicted octanol–water partition coefficient (Wildman–Crippen LogP) is 7.81. The maximum atomic E-state index is 5.44. The molecule has 5 heteroatoms. The van der Waals surface area contributed by atoms with Gasteiger partial charge in [0, 0.05) is 0 Å². The number of allylic oxidation sites excluding steroid dienone is 3. The van der Waals surface area contributed by atoms with E-state index in [1.807, 2.05) is 0 Å². The molecule has 6 bridgehead atoms. The van der Waals surface area contributed by atoms with Crippen molar-refractivity contribution in [2.75, 3.05) is 0 Å². The van der Waals surface area contributed by atoms with E-state index in [1.54, 1.807) is 0 Å². The van der Waals surface area contributed by atoms with Crippen LogP contribution in [0.3, 0.4) is 0 Å². The van der Waals surface area contributed by atoms with Crippen LogP contribution in [0.2, 0.25) is 0 Å². The summed E-state index contributed by atoms with van der Waals surface area (Å²) < 4.78 is 5.24. The second kappa shape index (κ2) is 11.4. The zero-order valence-corrected chi connectivity index (χ0v) is 27.8. The summed E-state index contributed by atoms with van der Waals surface area (Å²) in [7, 11) is 0. The molecule has 1 atom stereocenters. The van der Waals surface area contributed by atoms with E-state index in [4.69, 9.17) is 4.99 Å². The fraction of sp³-hybridized carbons (Fsp3) is 0.0227. The van der Waals surface area contributed by atoms with E-state index in [0.29, 0.717) is 0 Å². The van der Waals surface area contributed by atoms with Crippen molar-refractivity contribution in [3.63, 3.8) is 0 Å². The van der Waals surface area contributed by atoms with Gasteiger partial charge in [-0.25, -0.2) is 0 Å². The molecule has 3 aromatic heterocycles. The summed E-state index contributed by atoms with van der Waals surface area (Å²) in [4.78, 5) is 9.36. The van der Waals surface area contributed by atoms with Crippen molar-refractivity contribution in [3.8, 4) is 11.1 Å². The molecular formula is C44H30AlN4+. The van der Waals surface area contributed by atoms with Gasteiger partial charge in [-0.2, -0.15) is 0 Å². The molecule has 49 heavy (non-hydrogen) atoms. The summed E-state index contributed by atoms with van der Waals surface area (Å²) in [5, 5.41) is 2.17. The van der Waals surface area contributed by atoms with E-state index in [1.165, 1.54) is 39.2 Å². The molecule has 0 radical (unpaired) electrons. The van der Waals surface area contributed by atoms with Gasteiger partial charge in [0.15, 0.2) is 0 Å². The Morgan fingerprint density at radius 1 is 0.551 bits per heavy atom. The Balaban J connectivity index is 1.39. The molecule has 3 aliphatic rings. The summed E-state index contributed by atoms with van der Waals surface area (Å²) in [6, 6.07) is 52.3. The van der Waals surface area contributed by atoms with Crippen molar-refractivity contribution in [1.29, 1.82) is 0 Å². The third kappa shape index (κ3) is 4.55. The van der Waals surface area contributed by atoms with Gasteiger partial charge in [-0.15, -0.1) is 0 Å². The first-order valence-corrected chi connectivity index (χ1v) is 17.8. The molecule has 0 saturated carbocycles. The number of H-pyrrole nitrogens is 1. The summed E-state index contributed by atoms with van der Waals surface area (Å²) in [5.41, 5.74) is 15.1. The van der Waals surface area contributed by atoms with Crippen LogP contribution in [-0.4, -0.2) is 32.8 Å². The van der Waals surface area contributed by atoms with E-state index in [0.717, 1.165) is 44.4 Å². The van der Waals surface area contributed by atoms with Crippen molar-refractivity contribution in [2.24, 2.45) is 4.99 Å². The Morgan fingerprint density at radius 3 is 1.86 bits per heavy atom. The van der Waals surface area contributed by atoms with Gasteiger partial charge in [0.05, 0.1) is 0 Å². The average molecular weight is 642 g/mol. The molecule has 10 rings (SSSR count). The number of nitrogens with one attached hydrogen (secondary N) is 1. The summed E-state index contributed by atoms with van der Waals surface area (Å²) in [6.07, 6.45) is 9.14. The van der Waals surface area contributed by atoms with Crippen LogP contribution in [0.25, 0.3) is 39.4 Å². The molecule has 0 aliphatic carbocycles. The summed E-state index contributed by atoms with van der Waals surface area (Å²) >= 11 is -0.356.